The van der Waals surface area contributed by atoms with Gasteiger partial charge in [-0.05, 0) is 54.8 Å². The Bertz CT molecular complexity index is 970. The Hall–Kier alpha value is -2.52. The number of hydrogen-bond acceptors (Lipinski definition) is 3. The highest BCUT2D eigenvalue weighted by Gasteiger charge is 2.42. The molecular weight excluding hydrogens is 334 g/mol. The Balaban J connectivity index is 1.68. The van der Waals surface area contributed by atoms with Crippen LogP contribution in [0.25, 0.3) is 10.8 Å². The lowest BCUT2D eigenvalue weighted by atomic mass is 9.74. The van der Waals surface area contributed by atoms with Gasteiger partial charge in [-0.1, -0.05) is 48.5 Å². The third kappa shape index (κ3) is 2.87. The minimum absolute atomic E-state index is 0.0910. The number of ether oxygens (including phenoxy) is 2. The van der Waals surface area contributed by atoms with Crippen LogP contribution in [-0.4, -0.2) is 25.8 Å². The molecule has 27 heavy (non-hydrogen) atoms. The summed E-state index contributed by atoms with van der Waals surface area (Å²) in [5.41, 5.74) is 2.59. The lowest BCUT2D eigenvalue weighted by Crippen LogP contribution is -2.49. The molecule has 0 bridgehead atoms. The summed E-state index contributed by atoms with van der Waals surface area (Å²) in [6.45, 7) is 2.03. The van der Waals surface area contributed by atoms with Gasteiger partial charge in [-0.2, -0.15) is 0 Å². The van der Waals surface area contributed by atoms with Gasteiger partial charge in [0, 0.05) is 17.5 Å². The number of rotatable bonds is 2. The van der Waals surface area contributed by atoms with E-state index in [1.54, 1.807) is 7.11 Å². The Kier molecular flexibility index (Phi) is 4.05. The first-order valence-corrected chi connectivity index (χ1v) is 9.83. The van der Waals surface area contributed by atoms with Crippen molar-refractivity contribution < 1.29 is 9.47 Å². The Morgan fingerprint density at radius 3 is 2.63 bits per heavy atom. The minimum atomic E-state index is -0.0910. The van der Waals surface area contributed by atoms with Gasteiger partial charge in [-0.25, -0.2) is 0 Å². The number of hydrogen-bond donors (Lipinski definition) is 1. The summed E-state index contributed by atoms with van der Waals surface area (Å²) < 4.78 is 12.1. The van der Waals surface area contributed by atoms with Crippen LogP contribution in [0.15, 0.2) is 60.7 Å². The van der Waals surface area contributed by atoms with Crippen LogP contribution in [0.5, 0.6) is 11.5 Å². The first-order valence-electron chi connectivity index (χ1n) is 9.83. The van der Waals surface area contributed by atoms with Gasteiger partial charge < -0.3 is 14.8 Å². The SMILES string of the molecule is COc1ccc2c(c1)OC1(CCNCC1)CC2c1cccc2ccccc12. The van der Waals surface area contributed by atoms with Gasteiger partial charge in [0.25, 0.3) is 0 Å². The number of benzene rings is 3. The topological polar surface area (TPSA) is 30.5 Å². The maximum Gasteiger partial charge on any atom is 0.127 e. The maximum absolute atomic E-state index is 6.65. The molecule has 1 spiro atoms. The summed E-state index contributed by atoms with van der Waals surface area (Å²) in [7, 11) is 1.72. The molecule has 2 heterocycles. The molecule has 0 aromatic heterocycles. The molecule has 1 unspecified atom stereocenters. The van der Waals surface area contributed by atoms with E-state index in [1.807, 2.05) is 0 Å². The highest BCUT2D eigenvalue weighted by Crippen LogP contribution is 2.49. The van der Waals surface area contributed by atoms with E-state index in [2.05, 4.69) is 66.0 Å². The van der Waals surface area contributed by atoms with Crippen LogP contribution in [0.4, 0.5) is 0 Å². The highest BCUT2D eigenvalue weighted by molar-refractivity contribution is 5.86. The molecule has 1 N–H and O–H groups in total. The van der Waals surface area contributed by atoms with Crippen LogP contribution in [-0.2, 0) is 0 Å². The normalized spacial score (nSPS) is 20.9. The number of methoxy groups -OCH3 is 1. The molecule has 0 saturated carbocycles. The highest BCUT2D eigenvalue weighted by atomic mass is 16.5. The van der Waals surface area contributed by atoms with Crippen LogP contribution < -0.4 is 14.8 Å². The second kappa shape index (κ2) is 6.58. The molecule has 0 radical (unpaired) electrons. The van der Waals surface area contributed by atoms with Crippen molar-refractivity contribution >= 4 is 10.8 Å². The van der Waals surface area contributed by atoms with Crippen molar-refractivity contribution in [1.82, 2.24) is 5.32 Å². The fourth-order valence-corrected chi connectivity index (χ4v) is 4.80. The van der Waals surface area contributed by atoms with Gasteiger partial charge >= 0.3 is 0 Å². The van der Waals surface area contributed by atoms with E-state index in [9.17, 15) is 0 Å². The van der Waals surface area contributed by atoms with Crippen molar-refractivity contribution in [2.24, 2.45) is 0 Å². The van der Waals surface area contributed by atoms with Crippen LogP contribution in [0.2, 0.25) is 0 Å². The van der Waals surface area contributed by atoms with Crippen molar-refractivity contribution in [1.29, 1.82) is 0 Å². The molecule has 0 amide bonds. The van der Waals surface area contributed by atoms with Crippen LogP contribution in [0.1, 0.15) is 36.3 Å². The molecule has 2 aliphatic heterocycles. The zero-order valence-electron chi connectivity index (χ0n) is 15.7. The van der Waals surface area contributed by atoms with Gasteiger partial charge in [0.1, 0.15) is 17.1 Å². The first kappa shape index (κ1) is 16.6. The summed E-state index contributed by atoms with van der Waals surface area (Å²) in [6.07, 6.45) is 3.12. The monoisotopic (exact) mass is 359 g/mol. The number of piperidine rings is 1. The van der Waals surface area contributed by atoms with Crippen LogP contribution in [0, 0.1) is 0 Å². The molecule has 3 nitrogen and oxygen atoms in total. The average molecular weight is 359 g/mol. The average Bonchev–Trinajstić information content (AvgIpc) is 2.73. The lowest BCUT2D eigenvalue weighted by molar-refractivity contribution is 0.0113. The predicted molar refractivity (Wildman–Crippen MR) is 109 cm³/mol. The van der Waals surface area contributed by atoms with E-state index >= 15 is 0 Å². The molecule has 1 atom stereocenters. The van der Waals surface area contributed by atoms with E-state index in [4.69, 9.17) is 9.47 Å². The van der Waals surface area contributed by atoms with Crippen LogP contribution >= 0.6 is 0 Å². The van der Waals surface area contributed by atoms with Gasteiger partial charge in [-0.3, -0.25) is 0 Å². The van der Waals surface area contributed by atoms with Gasteiger partial charge in [0.2, 0.25) is 0 Å². The zero-order chi connectivity index (χ0) is 18.3. The van der Waals surface area contributed by atoms with Gasteiger partial charge in [-0.15, -0.1) is 0 Å². The Labute approximate surface area is 160 Å². The third-order valence-electron chi connectivity index (χ3n) is 6.21. The number of fused-ring (bicyclic) bond motifs is 2. The standard InChI is InChI=1S/C24H25NO2/c1-26-18-9-10-21-22(20-8-4-6-17-5-2-3-7-19(17)20)16-24(27-23(21)15-18)11-13-25-14-12-24/h2-10,15,22,25H,11-14,16H2,1H3. The van der Waals surface area contributed by atoms with Crippen molar-refractivity contribution in [3.63, 3.8) is 0 Å². The minimum Gasteiger partial charge on any atom is -0.497 e. The van der Waals surface area contributed by atoms with E-state index in [1.165, 1.54) is 21.9 Å². The Morgan fingerprint density at radius 2 is 1.78 bits per heavy atom. The summed E-state index contributed by atoms with van der Waals surface area (Å²) in [5.74, 6) is 2.18. The van der Waals surface area contributed by atoms with Crippen molar-refractivity contribution in [3.05, 3.63) is 71.8 Å². The molecule has 138 valence electrons. The second-order valence-electron chi connectivity index (χ2n) is 7.76. The fraction of sp³-hybridized carbons (Fsp3) is 0.333. The largest absolute Gasteiger partial charge is 0.497 e. The molecule has 2 aliphatic rings. The van der Waals surface area contributed by atoms with E-state index in [0.717, 1.165) is 43.9 Å². The summed E-state index contributed by atoms with van der Waals surface area (Å²) >= 11 is 0. The molecule has 0 aliphatic carbocycles. The molecule has 3 aromatic carbocycles. The molecule has 3 aromatic rings. The summed E-state index contributed by atoms with van der Waals surface area (Å²) in [4.78, 5) is 0. The summed E-state index contributed by atoms with van der Waals surface area (Å²) in [5, 5.41) is 6.13. The smallest absolute Gasteiger partial charge is 0.127 e. The molecule has 1 fully saturated rings. The summed E-state index contributed by atoms with van der Waals surface area (Å²) in [6, 6.07) is 21.7. The van der Waals surface area contributed by atoms with Crippen molar-refractivity contribution in [3.8, 4) is 11.5 Å². The fourth-order valence-electron chi connectivity index (χ4n) is 4.80. The molecular formula is C24H25NO2. The van der Waals surface area contributed by atoms with E-state index in [-0.39, 0.29) is 5.60 Å². The second-order valence-corrected chi connectivity index (χ2v) is 7.76. The van der Waals surface area contributed by atoms with Crippen molar-refractivity contribution in [2.75, 3.05) is 20.2 Å². The van der Waals surface area contributed by atoms with E-state index < -0.39 is 0 Å². The van der Waals surface area contributed by atoms with Gasteiger partial charge in [0.15, 0.2) is 0 Å². The lowest BCUT2D eigenvalue weighted by Gasteiger charge is -2.45. The quantitative estimate of drug-likeness (QED) is 0.707. The van der Waals surface area contributed by atoms with Crippen LogP contribution in [0.3, 0.4) is 0 Å². The number of nitrogens with one attached hydrogen (secondary N) is 1. The zero-order valence-corrected chi connectivity index (χ0v) is 15.7. The van der Waals surface area contributed by atoms with E-state index in [0.29, 0.717) is 5.92 Å². The first-order chi connectivity index (χ1) is 13.3. The van der Waals surface area contributed by atoms with Crippen molar-refractivity contribution in [2.45, 2.75) is 30.8 Å². The molecule has 1 saturated heterocycles. The van der Waals surface area contributed by atoms with Gasteiger partial charge in [0.05, 0.1) is 7.11 Å². The Morgan fingerprint density at radius 1 is 0.963 bits per heavy atom. The molecule has 3 heteroatoms. The maximum atomic E-state index is 6.65. The predicted octanol–water partition coefficient (Wildman–Crippen LogP) is 4.89. The molecule has 5 rings (SSSR count). The third-order valence-corrected chi connectivity index (χ3v) is 6.21.